The third kappa shape index (κ3) is 6.13. The minimum Gasteiger partial charge on any atom is -0.494 e. The number of halogens is 2. The fourth-order valence-corrected chi connectivity index (χ4v) is 5.89. The molecule has 6 aromatic rings. The Morgan fingerprint density at radius 2 is 1.81 bits per heavy atom. The number of para-hydroxylation sites is 1. The molecule has 1 fully saturated rings. The van der Waals surface area contributed by atoms with Gasteiger partial charge in [0.2, 0.25) is 5.95 Å². The average molecular weight is 648 g/mol. The third-order valence-electron chi connectivity index (χ3n) is 8.22. The van der Waals surface area contributed by atoms with Crippen molar-refractivity contribution in [2.75, 3.05) is 35.7 Å². The molecule has 0 saturated carbocycles. The summed E-state index contributed by atoms with van der Waals surface area (Å²) in [4.78, 5) is 29.4. The summed E-state index contributed by atoms with van der Waals surface area (Å²) in [5, 5.41) is 15.8. The number of nitrogens with one attached hydrogen (secondary N) is 2. The summed E-state index contributed by atoms with van der Waals surface area (Å²) in [6.45, 7) is 1.43. The van der Waals surface area contributed by atoms with Crippen LogP contribution in [-0.4, -0.2) is 56.7 Å². The molecule has 242 valence electrons. The number of β-amino-alcohol motifs (C(OH)–C–C–N with tert-alkyl or cyclic N) is 1. The van der Waals surface area contributed by atoms with E-state index in [4.69, 9.17) is 14.7 Å². The lowest BCUT2D eigenvalue weighted by atomic mass is 10.0. The van der Waals surface area contributed by atoms with Crippen molar-refractivity contribution in [1.29, 1.82) is 0 Å². The van der Waals surface area contributed by atoms with E-state index in [1.54, 1.807) is 43.6 Å². The topological polar surface area (TPSA) is 117 Å². The number of anilines is 4. The Morgan fingerprint density at radius 1 is 0.979 bits per heavy atom. The first-order valence-corrected chi connectivity index (χ1v) is 15.4. The number of imidazole rings is 1. The van der Waals surface area contributed by atoms with Crippen molar-refractivity contribution in [3.63, 3.8) is 0 Å². The van der Waals surface area contributed by atoms with Crippen LogP contribution < -0.4 is 20.3 Å². The van der Waals surface area contributed by atoms with Crippen LogP contribution in [-0.2, 0) is 0 Å². The van der Waals surface area contributed by atoms with Crippen LogP contribution in [0, 0.1) is 11.6 Å². The number of carbonyl (C=O) groups is 1. The minimum atomic E-state index is -0.870. The smallest absolute Gasteiger partial charge is 0.255 e. The molecule has 1 atom stereocenters. The number of rotatable bonds is 8. The van der Waals surface area contributed by atoms with Crippen LogP contribution in [0.3, 0.4) is 0 Å². The van der Waals surface area contributed by atoms with Crippen LogP contribution in [0.15, 0.2) is 97.3 Å². The Kier molecular flexibility index (Phi) is 8.38. The number of fused-ring (bicyclic) bond motifs is 1. The number of aromatic nitrogens is 4. The molecule has 10 nitrogen and oxygen atoms in total. The predicted molar refractivity (Wildman–Crippen MR) is 180 cm³/mol. The highest BCUT2D eigenvalue weighted by Crippen LogP contribution is 2.35. The van der Waals surface area contributed by atoms with Crippen LogP contribution in [0.2, 0.25) is 0 Å². The zero-order valence-electron chi connectivity index (χ0n) is 25.9. The van der Waals surface area contributed by atoms with Gasteiger partial charge in [0.05, 0.1) is 36.0 Å². The molecule has 4 heterocycles. The van der Waals surface area contributed by atoms with Crippen LogP contribution in [0.5, 0.6) is 5.75 Å². The summed E-state index contributed by atoms with van der Waals surface area (Å²) >= 11 is 0. The second-order valence-electron chi connectivity index (χ2n) is 11.4. The first-order valence-electron chi connectivity index (χ1n) is 15.4. The maximum atomic E-state index is 14.2. The summed E-state index contributed by atoms with van der Waals surface area (Å²) in [6.07, 6.45) is 4.87. The van der Waals surface area contributed by atoms with Crippen LogP contribution in [0.25, 0.3) is 28.3 Å². The van der Waals surface area contributed by atoms with E-state index in [9.17, 15) is 18.7 Å². The van der Waals surface area contributed by atoms with Crippen molar-refractivity contribution >= 4 is 34.6 Å². The lowest BCUT2D eigenvalue weighted by Gasteiger charge is -2.32. The number of aliphatic hydroxyl groups excluding tert-OH is 1. The average Bonchev–Trinajstić information content (AvgIpc) is 3.50. The normalized spacial score (nSPS) is 14.6. The molecule has 1 aliphatic rings. The molecule has 0 bridgehead atoms. The van der Waals surface area contributed by atoms with Crippen LogP contribution >= 0.6 is 0 Å². The molecule has 0 spiro atoms. The summed E-state index contributed by atoms with van der Waals surface area (Å²) in [5.41, 5.74) is 4.31. The maximum Gasteiger partial charge on any atom is 0.255 e. The van der Waals surface area contributed by atoms with Crippen molar-refractivity contribution in [3.8, 4) is 28.4 Å². The molecule has 1 amide bonds. The zero-order chi connectivity index (χ0) is 33.2. The fraction of sp³-hybridized carbons (Fsp3) is 0.167. The second kappa shape index (κ2) is 13.1. The van der Waals surface area contributed by atoms with E-state index in [1.807, 2.05) is 47.0 Å². The van der Waals surface area contributed by atoms with Crippen molar-refractivity contribution in [1.82, 2.24) is 19.4 Å². The number of aliphatic hydroxyl groups is 1. The lowest BCUT2D eigenvalue weighted by molar-refractivity contribution is 0.102. The molecule has 0 aliphatic carbocycles. The molecule has 1 saturated heterocycles. The number of ether oxygens (including phenoxy) is 1. The van der Waals surface area contributed by atoms with Gasteiger partial charge in [0.15, 0.2) is 0 Å². The fourth-order valence-electron chi connectivity index (χ4n) is 5.89. The van der Waals surface area contributed by atoms with Gasteiger partial charge in [0, 0.05) is 48.4 Å². The van der Waals surface area contributed by atoms with E-state index in [1.165, 1.54) is 6.07 Å². The van der Waals surface area contributed by atoms with Gasteiger partial charge in [-0.25, -0.2) is 23.7 Å². The van der Waals surface area contributed by atoms with Crippen molar-refractivity contribution < 1.29 is 23.4 Å². The number of hydrogen-bond donors (Lipinski definition) is 3. The van der Waals surface area contributed by atoms with Gasteiger partial charge < -0.3 is 25.4 Å². The Labute approximate surface area is 274 Å². The molecular weight excluding hydrogens is 616 g/mol. The maximum absolute atomic E-state index is 14.2. The molecule has 48 heavy (non-hydrogen) atoms. The van der Waals surface area contributed by atoms with E-state index in [-0.39, 0.29) is 11.7 Å². The quantitative estimate of drug-likeness (QED) is 0.167. The zero-order valence-corrected chi connectivity index (χ0v) is 25.9. The molecule has 1 aliphatic heterocycles. The van der Waals surface area contributed by atoms with Gasteiger partial charge in [-0.05, 0) is 67.4 Å². The second-order valence-corrected chi connectivity index (χ2v) is 11.4. The SMILES string of the molecule is COc1cc(N2CCC[C@H](O)C2)ccc1Nc1nccc(-c2c(-c3cccc(C(=O)Nc4c(F)cccc4F)c3)nc3ccccn23)n1. The largest absolute Gasteiger partial charge is 0.494 e. The van der Waals surface area contributed by atoms with E-state index in [2.05, 4.69) is 20.5 Å². The predicted octanol–water partition coefficient (Wildman–Crippen LogP) is 6.70. The number of amides is 1. The third-order valence-corrected chi connectivity index (χ3v) is 8.22. The molecule has 7 rings (SSSR count). The van der Waals surface area contributed by atoms with Gasteiger partial charge >= 0.3 is 0 Å². The highest BCUT2D eigenvalue weighted by Gasteiger charge is 2.22. The Hall–Kier alpha value is -5.88. The Morgan fingerprint density at radius 3 is 2.62 bits per heavy atom. The summed E-state index contributed by atoms with van der Waals surface area (Å²) in [6, 6.07) is 23.2. The highest BCUT2D eigenvalue weighted by molar-refractivity contribution is 6.05. The standard InChI is InChI=1S/C36H31F2N7O3/c1-48-30-20-24(44-17-6-9-25(46)21-44)13-14-28(30)40-36-39-16-15-29(41-36)34-32(42-31-12-2-3-18-45(31)34)22-7-4-8-23(19-22)35(47)43-33-26(37)10-5-11-27(33)38/h2-5,7-8,10-16,18-20,25,46H,6,9,17,21H2,1H3,(H,43,47)(H,39,40,41)/t25-/m0/s1. The van der Waals surface area contributed by atoms with Crippen LogP contribution in [0.4, 0.5) is 31.8 Å². The van der Waals surface area contributed by atoms with Gasteiger partial charge in [-0.15, -0.1) is 0 Å². The number of pyridine rings is 1. The number of carbonyl (C=O) groups excluding carboxylic acids is 1. The van der Waals surface area contributed by atoms with Crippen LogP contribution in [0.1, 0.15) is 23.2 Å². The van der Waals surface area contributed by atoms with E-state index in [0.717, 1.165) is 37.2 Å². The molecule has 3 N–H and O–H groups in total. The van der Waals surface area contributed by atoms with E-state index in [0.29, 0.717) is 52.2 Å². The van der Waals surface area contributed by atoms with E-state index >= 15 is 0 Å². The van der Waals surface area contributed by atoms with Gasteiger partial charge in [-0.3, -0.25) is 9.20 Å². The lowest BCUT2D eigenvalue weighted by Crippen LogP contribution is -2.38. The van der Waals surface area contributed by atoms with Gasteiger partial charge in [-0.2, -0.15) is 0 Å². The van der Waals surface area contributed by atoms with Gasteiger partial charge in [0.1, 0.15) is 28.7 Å². The van der Waals surface area contributed by atoms with E-state index < -0.39 is 23.2 Å². The van der Waals surface area contributed by atoms with Crippen molar-refractivity contribution in [3.05, 3.63) is 115 Å². The minimum absolute atomic E-state index is 0.192. The molecule has 0 radical (unpaired) electrons. The van der Waals surface area contributed by atoms with Crippen molar-refractivity contribution in [2.24, 2.45) is 0 Å². The molecule has 12 heteroatoms. The molecule has 3 aromatic heterocycles. The first kappa shape index (κ1) is 30.8. The Bertz CT molecular complexity index is 2120. The number of methoxy groups -OCH3 is 1. The molecule has 0 unspecified atom stereocenters. The monoisotopic (exact) mass is 647 g/mol. The molecular formula is C36H31F2N7O3. The highest BCUT2D eigenvalue weighted by atomic mass is 19.1. The van der Waals surface area contributed by atoms with Crippen molar-refractivity contribution in [2.45, 2.75) is 18.9 Å². The summed E-state index contributed by atoms with van der Waals surface area (Å²) in [7, 11) is 1.60. The Balaban J connectivity index is 1.22. The van der Waals surface area contributed by atoms with Gasteiger partial charge in [-0.1, -0.05) is 24.3 Å². The number of benzene rings is 3. The molecule has 3 aromatic carbocycles. The number of nitrogens with zero attached hydrogens (tertiary/aromatic N) is 5. The number of hydrogen-bond acceptors (Lipinski definition) is 8. The summed E-state index contributed by atoms with van der Waals surface area (Å²) in [5.74, 6) is -1.49. The van der Waals surface area contributed by atoms with Gasteiger partial charge in [0.25, 0.3) is 5.91 Å². The summed E-state index contributed by atoms with van der Waals surface area (Å²) < 4.78 is 36.1. The number of piperidine rings is 1. The first-order chi connectivity index (χ1) is 23.4.